The molecule has 2 aliphatic carbocycles. The van der Waals surface area contributed by atoms with Crippen molar-refractivity contribution in [2.75, 3.05) is 0 Å². The lowest BCUT2D eigenvalue weighted by Crippen LogP contribution is -2.44. The van der Waals surface area contributed by atoms with E-state index < -0.39 is 33.9 Å². The fraction of sp³-hybridized carbons (Fsp3) is 0.556. The predicted octanol–water partition coefficient (Wildman–Crippen LogP) is -1.17. The van der Waals surface area contributed by atoms with E-state index in [4.69, 9.17) is 10.2 Å². The SMILES string of the molecule is NS(=O)(=O)NC(=O)[C@H]1[C@@H](C(=O)O)[C@@H]2C=C[C@H]1C2. The summed E-state index contributed by atoms with van der Waals surface area (Å²) >= 11 is 0. The van der Waals surface area contributed by atoms with Gasteiger partial charge in [0, 0.05) is 0 Å². The molecule has 0 aliphatic heterocycles. The maximum atomic E-state index is 11.7. The van der Waals surface area contributed by atoms with Crippen molar-refractivity contribution in [3.05, 3.63) is 12.2 Å². The number of allylic oxidation sites excluding steroid dienone is 2. The van der Waals surface area contributed by atoms with Crippen LogP contribution in [-0.4, -0.2) is 25.4 Å². The Hall–Kier alpha value is -1.41. The molecule has 0 aromatic heterocycles. The van der Waals surface area contributed by atoms with Crippen LogP contribution in [-0.2, 0) is 19.8 Å². The Morgan fingerprint density at radius 3 is 2.24 bits per heavy atom. The molecule has 7 nitrogen and oxygen atoms in total. The zero-order chi connectivity index (χ0) is 12.8. The van der Waals surface area contributed by atoms with Gasteiger partial charge in [-0.3, -0.25) is 9.59 Å². The van der Waals surface area contributed by atoms with Gasteiger partial charge in [-0.2, -0.15) is 8.42 Å². The summed E-state index contributed by atoms with van der Waals surface area (Å²) in [5.74, 6) is -4.07. The number of carbonyl (C=O) groups is 2. The first-order valence-electron chi connectivity index (χ1n) is 5.05. The van der Waals surface area contributed by atoms with Crippen molar-refractivity contribution in [3.8, 4) is 0 Å². The van der Waals surface area contributed by atoms with Crippen LogP contribution >= 0.6 is 0 Å². The lowest BCUT2D eigenvalue weighted by molar-refractivity contribution is -0.147. The molecule has 8 heteroatoms. The Balaban J connectivity index is 2.23. The van der Waals surface area contributed by atoms with Crippen LogP contribution in [0.5, 0.6) is 0 Å². The molecule has 0 unspecified atom stereocenters. The number of hydrogen-bond donors (Lipinski definition) is 3. The van der Waals surface area contributed by atoms with E-state index in [0.29, 0.717) is 6.42 Å². The van der Waals surface area contributed by atoms with E-state index in [9.17, 15) is 18.0 Å². The highest BCUT2D eigenvalue weighted by Crippen LogP contribution is 2.48. The van der Waals surface area contributed by atoms with E-state index in [1.165, 1.54) is 0 Å². The van der Waals surface area contributed by atoms with Gasteiger partial charge in [0.1, 0.15) is 0 Å². The van der Waals surface area contributed by atoms with Crippen molar-refractivity contribution in [1.82, 2.24) is 4.72 Å². The average Bonchev–Trinajstić information content (AvgIpc) is 2.72. The van der Waals surface area contributed by atoms with Crippen molar-refractivity contribution in [3.63, 3.8) is 0 Å². The first kappa shape index (κ1) is 12.1. The van der Waals surface area contributed by atoms with Crippen molar-refractivity contribution < 1.29 is 23.1 Å². The van der Waals surface area contributed by atoms with Gasteiger partial charge in [-0.15, -0.1) is 0 Å². The minimum atomic E-state index is -4.14. The number of carboxylic acids is 1. The molecular formula is C9H12N2O5S. The van der Waals surface area contributed by atoms with Crippen LogP contribution < -0.4 is 9.86 Å². The Kier molecular flexibility index (Phi) is 2.70. The normalized spacial score (nSPS) is 34.9. The molecule has 0 saturated heterocycles. The molecule has 2 bridgehead atoms. The predicted molar refractivity (Wildman–Crippen MR) is 56.6 cm³/mol. The minimum absolute atomic E-state index is 0.200. The quantitative estimate of drug-likeness (QED) is 0.551. The van der Waals surface area contributed by atoms with Crippen LogP contribution in [0.25, 0.3) is 0 Å². The first-order valence-corrected chi connectivity index (χ1v) is 6.60. The molecule has 0 heterocycles. The zero-order valence-electron chi connectivity index (χ0n) is 8.74. The van der Waals surface area contributed by atoms with E-state index in [-0.39, 0.29) is 11.8 Å². The Morgan fingerprint density at radius 1 is 1.24 bits per heavy atom. The summed E-state index contributed by atoms with van der Waals surface area (Å²) in [6.07, 6.45) is 4.10. The summed E-state index contributed by atoms with van der Waals surface area (Å²) in [5, 5.41) is 13.8. The number of nitrogens with two attached hydrogens (primary N) is 1. The maximum Gasteiger partial charge on any atom is 0.307 e. The molecule has 0 aromatic carbocycles. The summed E-state index contributed by atoms with van der Waals surface area (Å²) in [6, 6.07) is 0. The summed E-state index contributed by atoms with van der Waals surface area (Å²) in [7, 11) is -4.14. The number of amides is 1. The van der Waals surface area contributed by atoms with Crippen LogP contribution in [0.3, 0.4) is 0 Å². The van der Waals surface area contributed by atoms with Crippen LogP contribution in [0, 0.1) is 23.7 Å². The molecule has 94 valence electrons. The molecule has 0 radical (unpaired) electrons. The van der Waals surface area contributed by atoms with Gasteiger partial charge in [0.05, 0.1) is 11.8 Å². The molecule has 17 heavy (non-hydrogen) atoms. The second kappa shape index (κ2) is 3.81. The van der Waals surface area contributed by atoms with Gasteiger partial charge in [0.2, 0.25) is 5.91 Å². The second-order valence-corrected chi connectivity index (χ2v) is 5.64. The van der Waals surface area contributed by atoms with E-state index in [2.05, 4.69) is 0 Å². The molecule has 0 aromatic rings. The average molecular weight is 260 g/mol. The fourth-order valence-electron chi connectivity index (χ4n) is 2.72. The molecule has 2 rings (SSSR count). The van der Waals surface area contributed by atoms with E-state index in [0.717, 1.165) is 0 Å². The summed E-state index contributed by atoms with van der Waals surface area (Å²) in [6.45, 7) is 0. The van der Waals surface area contributed by atoms with Crippen molar-refractivity contribution in [2.24, 2.45) is 28.8 Å². The van der Waals surface area contributed by atoms with Crippen LogP contribution in [0.4, 0.5) is 0 Å². The Morgan fingerprint density at radius 2 is 1.76 bits per heavy atom. The molecule has 4 atom stereocenters. The lowest BCUT2D eigenvalue weighted by Gasteiger charge is -2.23. The molecule has 0 spiro atoms. The third-order valence-electron chi connectivity index (χ3n) is 3.29. The zero-order valence-corrected chi connectivity index (χ0v) is 9.55. The van der Waals surface area contributed by atoms with Crippen molar-refractivity contribution in [1.29, 1.82) is 0 Å². The fourth-order valence-corrected chi connectivity index (χ4v) is 3.14. The Bertz CT molecular complexity index is 498. The summed E-state index contributed by atoms with van der Waals surface area (Å²) in [5.41, 5.74) is 0. The Labute approximate surface area is 97.9 Å². The van der Waals surface area contributed by atoms with Gasteiger partial charge in [0.25, 0.3) is 10.2 Å². The first-order chi connectivity index (χ1) is 7.79. The van der Waals surface area contributed by atoms with Gasteiger partial charge >= 0.3 is 5.97 Å². The molecule has 1 amide bonds. The van der Waals surface area contributed by atoms with E-state index in [1.807, 2.05) is 0 Å². The monoisotopic (exact) mass is 260 g/mol. The highest BCUT2D eigenvalue weighted by Gasteiger charge is 2.52. The van der Waals surface area contributed by atoms with Crippen molar-refractivity contribution >= 4 is 22.1 Å². The summed E-state index contributed by atoms with van der Waals surface area (Å²) in [4.78, 5) is 22.8. The third-order valence-corrected chi connectivity index (χ3v) is 3.78. The highest BCUT2D eigenvalue weighted by molar-refractivity contribution is 7.87. The van der Waals surface area contributed by atoms with Gasteiger partial charge < -0.3 is 5.11 Å². The molecular weight excluding hydrogens is 248 g/mol. The highest BCUT2D eigenvalue weighted by atomic mass is 32.2. The van der Waals surface area contributed by atoms with E-state index in [1.54, 1.807) is 16.9 Å². The number of carboxylic acid groups (broad SMARTS) is 1. The van der Waals surface area contributed by atoms with Crippen molar-refractivity contribution in [2.45, 2.75) is 6.42 Å². The lowest BCUT2D eigenvalue weighted by atomic mass is 9.83. The molecule has 4 N–H and O–H groups in total. The second-order valence-electron chi connectivity index (χ2n) is 4.35. The standard InChI is InChI=1S/C9H12N2O5S/c10-17(15,16)11-8(12)6-4-1-2-5(3-4)7(6)9(13)14/h1-2,4-7H,3H2,(H,11,12)(H,13,14)(H2,10,15,16)/t4-,5+,6+,7-/m0/s1. The number of hydrogen-bond acceptors (Lipinski definition) is 4. The molecule has 2 aliphatic rings. The van der Waals surface area contributed by atoms with Crippen LogP contribution in [0.1, 0.15) is 6.42 Å². The maximum absolute atomic E-state index is 11.7. The van der Waals surface area contributed by atoms with Gasteiger partial charge in [-0.05, 0) is 18.3 Å². The van der Waals surface area contributed by atoms with Gasteiger partial charge in [0.15, 0.2) is 0 Å². The third kappa shape index (κ3) is 2.18. The number of carbonyl (C=O) groups excluding carboxylic acids is 1. The van der Waals surface area contributed by atoms with Crippen LogP contribution in [0.15, 0.2) is 12.2 Å². The topological polar surface area (TPSA) is 127 Å². The molecule has 1 saturated carbocycles. The summed E-state index contributed by atoms with van der Waals surface area (Å²) < 4.78 is 23.2. The van der Waals surface area contributed by atoms with Crippen LogP contribution in [0.2, 0.25) is 0 Å². The number of aliphatic carboxylic acids is 1. The number of nitrogens with one attached hydrogen (secondary N) is 1. The van der Waals surface area contributed by atoms with Gasteiger partial charge in [-0.25, -0.2) is 9.86 Å². The largest absolute Gasteiger partial charge is 0.481 e. The molecule has 1 fully saturated rings. The van der Waals surface area contributed by atoms with Gasteiger partial charge in [-0.1, -0.05) is 12.2 Å². The minimum Gasteiger partial charge on any atom is -0.481 e. The van der Waals surface area contributed by atoms with E-state index >= 15 is 0 Å². The number of fused-ring (bicyclic) bond motifs is 2. The smallest absolute Gasteiger partial charge is 0.307 e. The number of rotatable bonds is 3.